The number of carbonyl (C=O) groups excluding carboxylic acids is 1. The topological polar surface area (TPSA) is 63.7 Å². The second-order valence-electron chi connectivity index (χ2n) is 7.77. The summed E-state index contributed by atoms with van der Waals surface area (Å²) in [7, 11) is -3.80. The molecule has 0 radical (unpaired) electrons. The molecule has 0 amide bonds. The minimum absolute atomic E-state index is 0.0827. The normalized spacial score (nSPS) is 31.9. The highest BCUT2D eigenvalue weighted by Crippen LogP contribution is 2.50. The van der Waals surface area contributed by atoms with Crippen molar-refractivity contribution in [1.82, 2.24) is 4.31 Å². The Balaban J connectivity index is 1.57. The molecule has 1 spiro atoms. The molecule has 28 heavy (non-hydrogen) atoms. The molecule has 144 valence electrons. The summed E-state index contributed by atoms with van der Waals surface area (Å²) in [6, 6.07) is 15.4. The molecular formula is C22H21NO4S. The smallest absolute Gasteiger partial charge is 0.243 e. The van der Waals surface area contributed by atoms with Gasteiger partial charge >= 0.3 is 0 Å². The van der Waals surface area contributed by atoms with Gasteiger partial charge in [0.05, 0.1) is 16.9 Å². The van der Waals surface area contributed by atoms with Crippen LogP contribution in [0.25, 0.3) is 0 Å². The van der Waals surface area contributed by atoms with Crippen LogP contribution in [0.15, 0.2) is 71.6 Å². The summed E-state index contributed by atoms with van der Waals surface area (Å²) in [4.78, 5) is 13.8. The molecule has 6 heteroatoms. The highest BCUT2D eigenvalue weighted by Gasteiger charge is 2.63. The Morgan fingerprint density at radius 2 is 1.79 bits per heavy atom. The maximum atomic E-state index is 13.6. The maximum absolute atomic E-state index is 13.6. The van der Waals surface area contributed by atoms with Crippen molar-refractivity contribution in [2.24, 2.45) is 0 Å². The predicted octanol–water partition coefficient (Wildman–Crippen LogP) is 2.82. The lowest BCUT2D eigenvalue weighted by Crippen LogP contribution is -2.57. The Hall–Kier alpha value is -2.28. The number of Topliss-reactive ketones (excluding diaryl/α,β-unsaturated/α-hetero) is 1. The number of carbonyl (C=O) groups is 1. The molecule has 5 rings (SSSR count). The molecule has 3 aliphatic rings. The van der Waals surface area contributed by atoms with Gasteiger partial charge in [-0.25, -0.2) is 8.42 Å². The fraction of sp³-hybridized carbons (Fsp3) is 0.318. The van der Waals surface area contributed by atoms with Crippen LogP contribution in [0, 0.1) is 6.92 Å². The molecule has 2 fully saturated rings. The third-order valence-corrected chi connectivity index (χ3v) is 7.97. The van der Waals surface area contributed by atoms with Gasteiger partial charge in [0.15, 0.2) is 5.78 Å². The van der Waals surface area contributed by atoms with Gasteiger partial charge in [0, 0.05) is 6.54 Å². The van der Waals surface area contributed by atoms with Gasteiger partial charge in [-0.15, -0.1) is 0 Å². The second kappa shape index (κ2) is 6.11. The zero-order chi connectivity index (χ0) is 19.5. The SMILES string of the molecule is Cc1ccc(S(=O)(=O)N2CC[C@]34C=C[C@H](O3)[C@@H](c3ccccc3)C(=O)[C@H]24)cc1. The van der Waals surface area contributed by atoms with Gasteiger partial charge in [0.2, 0.25) is 10.0 Å². The lowest BCUT2D eigenvalue weighted by atomic mass is 9.81. The second-order valence-corrected chi connectivity index (χ2v) is 9.66. The molecule has 0 aromatic heterocycles. The molecular weight excluding hydrogens is 374 g/mol. The van der Waals surface area contributed by atoms with E-state index in [1.165, 1.54) is 4.31 Å². The number of hydrogen-bond donors (Lipinski definition) is 0. The first-order valence-electron chi connectivity index (χ1n) is 9.47. The van der Waals surface area contributed by atoms with E-state index in [1.54, 1.807) is 24.3 Å². The van der Waals surface area contributed by atoms with E-state index in [4.69, 9.17) is 4.74 Å². The largest absolute Gasteiger partial charge is 0.360 e. The minimum Gasteiger partial charge on any atom is -0.360 e. The number of ether oxygens (including phenoxy) is 1. The average Bonchev–Trinajstić information content (AvgIpc) is 3.26. The van der Waals surface area contributed by atoms with Crippen LogP contribution in [0.4, 0.5) is 0 Å². The van der Waals surface area contributed by atoms with Crippen molar-refractivity contribution in [3.05, 3.63) is 77.9 Å². The van der Waals surface area contributed by atoms with Gasteiger partial charge in [-0.05, 0) is 31.0 Å². The van der Waals surface area contributed by atoms with Crippen molar-refractivity contribution >= 4 is 15.8 Å². The molecule has 0 unspecified atom stereocenters. The quantitative estimate of drug-likeness (QED) is 0.750. The van der Waals surface area contributed by atoms with Crippen LogP contribution in [0.5, 0.6) is 0 Å². The molecule has 3 heterocycles. The summed E-state index contributed by atoms with van der Waals surface area (Å²) >= 11 is 0. The van der Waals surface area contributed by atoms with Gasteiger partial charge in [0.1, 0.15) is 11.6 Å². The van der Waals surface area contributed by atoms with Crippen molar-refractivity contribution < 1.29 is 17.9 Å². The van der Waals surface area contributed by atoms with Crippen molar-refractivity contribution in [2.45, 2.75) is 41.9 Å². The number of rotatable bonds is 3. The number of sulfonamides is 1. The van der Waals surface area contributed by atoms with E-state index < -0.39 is 27.6 Å². The number of ketones is 1. The van der Waals surface area contributed by atoms with Crippen LogP contribution >= 0.6 is 0 Å². The van der Waals surface area contributed by atoms with Crippen molar-refractivity contribution in [2.75, 3.05) is 6.54 Å². The summed E-state index contributed by atoms with van der Waals surface area (Å²) in [6.45, 7) is 2.18. The molecule has 0 aliphatic carbocycles. The third-order valence-electron chi connectivity index (χ3n) is 6.09. The standard InChI is InChI=1S/C22H21NO4S/c1-15-7-9-17(10-8-15)28(25,26)23-14-13-22-12-11-18(27-22)19(20(24)21(22)23)16-5-3-2-4-6-16/h2-12,18-19,21H,13-14H2,1H3/t18-,19+,21-,22-/m0/s1. The summed E-state index contributed by atoms with van der Waals surface area (Å²) in [5, 5.41) is 0. The highest BCUT2D eigenvalue weighted by molar-refractivity contribution is 7.89. The zero-order valence-electron chi connectivity index (χ0n) is 15.5. The third kappa shape index (κ3) is 2.45. The van der Waals surface area contributed by atoms with E-state index in [9.17, 15) is 13.2 Å². The van der Waals surface area contributed by atoms with Crippen LogP contribution in [0.1, 0.15) is 23.5 Å². The fourth-order valence-corrected chi connectivity index (χ4v) is 6.34. The van der Waals surface area contributed by atoms with Crippen molar-refractivity contribution in [3.63, 3.8) is 0 Å². The summed E-state index contributed by atoms with van der Waals surface area (Å²) < 4.78 is 34.3. The zero-order valence-corrected chi connectivity index (χ0v) is 16.3. The predicted molar refractivity (Wildman–Crippen MR) is 104 cm³/mol. The number of benzene rings is 2. The molecule has 2 saturated heterocycles. The number of hydrogen-bond acceptors (Lipinski definition) is 4. The van der Waals surface area contributed by atoms with Gasteiger partial charge < -0.3 is 4.74 Å². The molecule has 3 aliphatic heterocycles. The molecule has 0 saturated carbocycles. The van der Waals surface area contributed by atoms with Crippen LogP contribution in [0.3, 0.4) is 0 Å². The van der Waals surface area contributed by atoms with E-state index in [0.717, 1.165) is 11.1 Å². The van der Waals surface area contributed by atoms with Crippen LogP contribution in [0.2, 0.25) is 0 Å². The van der Waals surface area contributed by atoms with Gasteiger partial charge in [-0.3, -0.25) is 4.79 Å². The first-order chi connectivity index (χ1) is 13.4. The Morgan fingerprint density at radius 3 is 2.50 bits per heavy atom. The maximum Gasteiger partial charge on any atom is 0.243 e. The Kier molecular flexibility index (Phi) is 3.88. The highest BCUT2D eigenvalue weighted by atomic mass is 32.2. The van der Waals surface area contributed by atoms with E-state index in [1.807, 2.05) is 49.4 Å². The Morgan fingerprint density at radius 1 is 1.07 bits per heavy atom. The van der Waals surface area contributed by atoms with Crippen LogP contribution in [-0.2, 0) is 19.6 Å². The van der Waals surface area contributed by atoms with E-state index >= 15 is 0 Å². The molecule has 4 atom stereocenters. The van der Waals surface area contributed by atoms with Gasteiger partial charge in [0.25, 0.3) is 0 Å². The van der Waals surface area contributed by atoms with Gasteiger partial charge in [-0.1, -0.05) is 60.2 Å². The number of fused-ring (bicyclic) bond motifs is 1. The number of nitrogens with zero attached hydrogens (tertiary/aromatic N) is 1. The summed E-state index contributed by atoms with van der Waals surface area (Å²) in [6.07, 6.45) is 3.99. The lowest BCUT2D eigenvalue weighted by molar-refractivity contribution is -0.146. The van der Waals surface area contributed by atoms with E-state index in [2.05, 4.69) is 0 Å². The van der Waals surface area contributed by atoms with E-state index in [-0.39, 0.29) is 23.3 Å². The molecule has 2 aromatic carbocycles. The lowest BCUT2D eigenvalue weighted by Gasteiger charge is -2.41. The van der Waals surface area contributed by atoms with Crippen LogP contribution in [-0.4, -0.2) is 42.8 Å². The molecule has 0 N–H and O–H groups in total. The van der Waals surface area contributed by atoms with Crippen LogP contribution < -0.4 is 0 Å². The molecule has 2 aromatic rings. The fourth-order valence-electron chi connectivity index (χ4n) is 4.69. The first kappa shape index (κ1) is 17.8. The summed E-state index contributed by atoms with van der Waals surface area (Å²) in [5.41, 5.74) is 1.00. The van der Waals surface area contributed by atoms with Crippen molar-refractivity contribution in [1.29, 1.82) is 0 Å². The number of aryl methyl sites for hydroxylation is 1. The first-order valence-corrected chi connectivity index (χ1v) is 10.9. The van der Waals surface area contributed by atoms with E-state index in [0.29, 0.717) is 6.42 Å². The van der Waals surface area contributed by atoms with Gasteiger partial charge in [-0.2, -0.15) is 4.31 Å². The molecule has 2 bridgehead atoms. The monoisotopic (exact) mass is 395 g/mol. The Labute approximate surface area is 164 Å². The Bertz CT molecular complexity index is 1060. The minimum atomic E-state index is -3.80. The summed E-state index contributed by atoms with van der Waals surface area (Å²) in [5.74, 6) is -0.576. The molecule has 5 nitrogen and oxygen atoms in total. The van der Waals surface area contributed by atoms with Crippen molar-refractivity contribution in [3.8, 4) is 0 Å². The average molecular weight is 395 g/mol.